The van der Waals surface area contributed by atoms with Crippen LogP contribution in [0.25, 0.3) is 0 Å². The highest BCUT2D eigenvalue weighted by Crippen LogP contribution is 1.91. The normalized spacial score (nSPS) is 12.7. The largest absolute Gasteiger partial charge is 0.383 e. The molecule has 72 valence electrons. The lowest BCUT2D eigenvalue weighted by atomic mass is 10.3. The Morgan fingerprint density at radius 2 is 2.25 bits per heavy atom. The Bertz CT molecular complexity index is 132. The van der Waals surface area contributed by atoms with Gasteiger partial charge in [-0.3, -0.25) is 0 Å². The molecule has 0 saturated heterocycles. The van der Waals surface area contributed by atoms with Gasteiger partial charge in [-0.05, 0) is 13.8 Å². The summed E-state index contributed by atoms with van der Waals surface area (Å²) in [7, 11) is 1.68. The van der Waals surface area contributed by atoms with Gasteiger partial charge in [0.15, 0.2) is 0 Å². The lowest BCUT2D eigenvalue weighted by molar-refractivity contribution is 0.175. The molecule has 1 atom stereocenters. The molecule has 3 heteroatoms. The zero-order valence-corrected chi connectivity index (χ0v) is 8.82. The minimum Gasteiger partial charge on any atom is -0.383 e. The number of ether oxygens (including phenoxy) is 1. The van der Waals surface area contributed by atoms with Gasteiger partial charge in [-0.2, -0.15) is 0 Å². The van der Waals surface area contributed by atoms with Crippen molar-refractivity contribution in [2.45, 2.75) is 19.9 Å². The van der Waals surface area contributed by atoms with Crippen LogP contribution < -0.4 is 5.32 Å². The highest BCUT2D eigenvalue weighted by molar-refractivity contribution is 6.18. The quantitative estimate of drug-likeness (QED) is 0.511. The molecule has 0 spiro atoms. The van der Waals surface area contributed by atoms with Crippen molar-refractivity contribution in [2.75, 3.05) is 26.1 Å². The summed E-state index contributed by atoms with van der Waals surface area (Å²) >= 11 is 5.70. The second-order valence-electron chi connectivity index (χ2n) is 3.00. The van der Waals surface area contributed by atoms with E-state index in [-0.39, 0.29) is 6.04 Å². The maximum Gasteiger partial charge on any atom is 0.0627 e. The second-order valence-corrected chi connectivity index (χ2v) is 3.30. The predicted molar refractivity (Wildman–Crippen MR) is 53.8 cm³/mol. The van der Waals surface area contributed by atoms with E-state index in [0.29, 0.717) is 12.5 Å². The van der Waals surface area contributed by atoms with Gasteiger partial charge in [-0.25, -0.2) is 0 Å². The highest BCUT2D eigenvalue weighted by atomic mass is 35.5. The van der Waals surface area contributed by atoms with Gasteiger partial charge >= 0.3 is 0 Å². The lowest BCUT2D eigenvalue weighted by Gasteiger charge is -2.13. The molecule has 0 aliphatic rings. The first-order valence-corrected chi connectivity index (χ1v) is 4.65. The molecule has 1 N–H and O–H groups in total. The van der Waals surface area contributed by atoms with Gasteiger partial charge in [0, 0.05) is 25.6 Å². The van der Waals surface area contributed by atoms with Gasteiger partial charge in [0.2, 0.25) is 0 Å². The Morgan fingerprint density at radius 1 is 1.58 bits per heavy atom. The molecule has 0 bridgehead atoms. The van der Waals surface area contributed by atoms with Gasteiger partial charge in [0.05, 0.1) is 6.61 Å². The van der Waals surface area contributed by atoms with Crippen LogP contribution in [-0.4, -0.2) is 32.2 Å². The smallest absolute Gasteiger partial charge is 0.0627 e. The van der Waals surface area contributed by atoms with Crippen molar-refractivity contribution in [1.29, 1.82) is 0 Å². The molecule has 0 aliphatic heterocycles. The topological polar surface area (TPSA) is 21.3 Å². The zero-order chi connectivity index (χ0) is 9.40. The molecule has 2 nitrogen and oxygen atoms in total. The lowest BCUT2D eigenvalue weighted by Crippen LogP contribution is -2.34. The molecule has 0 aromatic heterocycles. The van der Waals surface area contributed by atoms with E-state index in [1.165, 1.54) is 5.57 Å². The zero-order valence-electron chi connectivity index (χ0n) is 8.06. The van der Waals surface area contributed by atoms with Crippen molar-refractivity contribution < 1.29 is 4.74 Å². The summed E-state index contributed by atoms with van der Waals surface area (Å²) in [5, 5.41) is 3.27. The molecule has 1 unspecified atom stereocenters. The number of rotatable bonds is 6. The average Bonchev–Trinajstić information content (AvgIpc) is 2.02. The average molecular weight is 192 g/mol. The molecule has 0 amide bonds. The number of methoxy groups -OCH3 is 1. The van der Waals surface area contributed by atoms with Crippen LogP contribution in [0.5, 0.6) is 0 Å². The first-order chi connectivity index (χ1) is 5.70. The van der Waals surface area contributed by atoms with E-state index >= 15 is 0 Å². The number of halogens is 1. The second kappa shape index (κ2) is 7.59. The van der Waals surface area contributed by atoms with Crippen LogP contribution >= 0.6 is 11.6 Å². The predicted octanol–water partition coefficient (Wildman–Crippen LogP) is 1.80. The Morgan fingerprint density at radius 3 is 2.67 bits per heavy atom. The van der Waals surface area contributed by atoms with E-state index in [4.69, 9.17) is 16.3 Å². The van der Waals surface area contributed by atoms with E-state index in [1.807, 2.05) is 0 Å². The molecular formula is C9H18ClNO. The Hall–Kier alpha value is -0.0500. The van der Waals surface area contributed by atoms with Gasteiger partial charge < -0.3 is 10.1 Å². The van der Waals surface area contributed by atoms with Crippen LogP contribution in [0.4, 0.5) is 0 Å². The monoisotopic (exact) mass is 191 g/mol. The van der Waals surface area contributed by atoms with Crippen molar-refractivity contribution in [3.8, 4) is 0 Å². The fourth-order valence-electron chi connectivity index (χ4n) is 0.789. The van der Waals surface area contributed by atoms with E-state index in [9.17, 15) is 0 Å². The van der Waals surface area contributed by atoms with Gasteiger partial charge in [-0.15, -0.1) is 11.6 Å². The number of hydrogen-bond donors (Lipinski definition) is 1. The SMILES string of the molecule is COCC(CCl)NCC=C(C)C. The molecule has 0 aromatic carbocycles. The van der Waals surface area contributed by atoms with Crippen molar-refractivity contribution in [2.24, 2.45) is 0 Å². The molecule has 0 fully saturated rings. The van der Waals surface area contributed by atoms with Gasteiger partial charge in [-0.1, -0.05) is 11.6 Å². The third-order valence-corrected chi connectivity index (χ3v) is 1.84. The fraction of sp³-hybridized carbons (Fsp3) is 0.778. The molecule has 0 aliphatic carbocycles. The van der Waals surface area contributed by atoms with Crippen LogP contribution in [-0.2, 0) is 4.74 Å². The fourth-order valence-corrected chi connectivity index (χ4v) is 0.987. The van der Waals surface area contributed by atoms with Crippen molar-refractivity contribution in [1.82, 2.24) is 5.32 Å². The van der Waals surface area contributed by atoms with Crippen LogP contribution in [0.3, 0.4) is 0 Å². The van der Waals surface area contributed by atoms with Crippen LogP contribution in [0, 0.1) is 0 Å². The molecule has 0 rings (SSSR count). The summed E-state index contributed by atoms with van der Waals surface area (Å²) in [6.45, 7) is 5.69. The first-order valence-electron chi connectivity index (χ1n) is 4.12. The van der Waals surface area contributed by atoms with Gasteiger partial charge in [0.1, 0.15) is 0 Å². The van der Waals surface area contributed by atoms with E-state index in [1.54, 1.807) is 7.11 Å². The maximum absolute atomic E-state index is 5.70. The molecular weight excluding hydrogens is 174 g/mol. The number of allylic oxidation sites excluding steroid dienone is 1. The first kappa shape index (κ1) is 11.9. The third-order valence-electron chi connectivity index (χ3n) is 1.47. The van der Waals surface area contributed by atoms with Crippen LogP contribution in [0.15, 0.2) is 11.6 Å². The number of alkyl halides is 1. The summed E-state index contributed by atoms with van der Waals surface area (Å²) in [5.41, 5.74) is 1.31. The highest BCUT2D eigenvalue weighted by Gasteiger charge is 2.03. The standard InChI is InChI=1S/C9H18ClNO/c1-8(2)4-5-11-9(6-10)7-12-3/h4,9,11H,5-7H2,1-3H3. The molecule has 12 heavy (non-hydrogen) atoms. The van der Waals surface area contributed by atoms with Crippen molar-refractivity contribution in [3.63, 3.8) is 0 Å². The van der Waals surface area contributed by atoms with Crippen molar-refractivity contribution >= 4 is 11.6 Å². The summed E-state index contributed by atoms with van der Waals surface area (Å²) in [4.78, 5) is 0. The summed E-state index contributed by atoms with van der Waals surface area (Å²) in [6, 6.07) is 0.257. The Labute approximate surface area is 79.9 Å². The number of nitrogens with one attached hydrogen (secondary N) is 1. The summed E-state index contributed by atoms with van der Waals surface area (Å²) < 4.78 is 4.98. The van der Waals surface area contributed by atoms with E-state index in [0.717, 1.165) is 6.54 Å². The maximum atomic E-state index is 5.70. The van der Waals surface area contributed by atoms with E-state index in [2.05, 4.69) is 25.2 Å². The minimum absolute atomic E-state index is 0.257. The Kier molecular flexibility index (Phi) is 7.56. The molecule has 0 radical (unpaired) electrons. The minimum atomic E-state index is 0.257. The third kappa shape index (κ3) is 6.65. The summed E-state index contributed by atoms with van der Waals surface area (Å²) in [6.07, 6.45) is 2.13. The van der Waals surface area contributed by atoms with E-state index < -0.39 is 0 Å². The van der Waals surface area contributed by atoms with Crippen LogP contribution in [0.2, 0.25) is 0 Å². The van der Waals surface area contributed by atoms with Crippen molar-refractivity contribution in [3.05, 3.63) is 11.6 Å². The molecule has 0 aromatic rings. The van der Waals surface area contributed by atoms with Gasteiger partial charge in [0.25, 0.3) is 0 Å². The summed E-state index contributed by atoms with van der Waals surface area (Å²) in [5.74, 6) is 0.588. The number of hydrogen-bond acceptors (Lipinski definition) is 2. The Balaban J connectivity index is 3.51. The van der Waals surface area contributed by atoms with Crippen LogP contribution in [0.1, 0.15) is 13.8 Å². The molecule has 0 saturated carbocycles. The molecule has 0 heterocycles.